The molecule has 0 spiro atoms. The van der Waals surface area contributed by atoms with Crippen LogP contribution in [-0.2, 0) is 21.4 Å². The fourth-order valence-electron chi connectivity index (χ4n) is 7.81. The number of primary amides is 1. The van der Waals surface area contributed by atoms with Crippen LogP contribution in [0.4, 0.5) is 17.6 Å². The van der Waals surface area contributed by atoms with E-state index in [-0.39, 0.29) is 24.6 Å². The number of hydrogen-bond acceptors (Lipinski definition) is 3. The zero-order valence-corrected chi connectivity index (χ0v) is 22.7. The van der Waals surface area contributed by atoms with Gasteiger partial charge in [0.1, 0.15) is 12.4 Å². The highest BCUT2D eigenvalue weighted by Crippen LogP contribution is 2.59. The van der Waals surface area contributed by atoms with Crippen LogP contribution < -0.4 is 5.73 Å². The van der Waals surface area contributed by atoms with Gasteiger partial charge in [-0.25, -0.2) is 9.07 Å². The normalized spacial score (nSPS) is 27.1. The number of hydrogen-bond donors (Lipinski definition) is 1. The highest BCUT2D eigenvalue weighted by Gasteiger charge is 2.62. The molecule has 2 fully saturated rings. The molecule has 2 saturated carbocycles. The van der Waals surface area contributed by atoms with Crippen LogP contribution in [0.25, 0.3) is 16.6 Å². The van der Waals surface area contributed by atoms with Crippen molar-refractivity contribution in [2.45, 2.75) is 94.2 Å². The number of nitrogens with two attached hydrogens (primary N) is 1. The van der Waals surface area contributed by atoms with Crippen LogP contribution in [0.1, 0.15) is 87.3 Å². The number of ether oxygens (including phenoxy) is 1. The molecule has 0 bridgehead atoms. The molecule has 0 saturated heterocycles. The standard InChI is InChI=1S/C31H35F4N3O2/c1-2-29-13-14-30(31(33,34)35,40-18-26(36)39)16-21(29)7-4-8-24-25(29)15-20-17-37-38(23-11-9-22(32)10-12-23)28(20)27(24)19-5-3-6-19/h9-12,15,17,19,21H,2-8,13-14,16,18H2,1H3,(H2,36,39). The molecule has 2 aromatic carbocycles. The number of carbonyl (C=O) groups excluding carboxylic acids is 1. The summed E-state index contributed by atoms with van der Waals surface area (Å²) in [7, 11) is 0. The van der Waals surface area contributed by atoms with Gasteiger partial charge in [-0.3, -0.25) is 4.79 Å². The van der Waals surface area contributed by atoms with E-state index in [4.69, 9.17) is 15.6 Å². The Bertz CT molecular complexity index is 1430. The van der Waals surface area contributed by atoms with E-state index in [1.165, 1.54) is 23.3 Å². The number of alkyl halides is 3. The highest BCUT2D eigenvalue weighted by molar-refractivity contribution is 5.87. The van der Waals surface area contributed by atoms with Crippen molar-refractivity contribution in [2.24, 2.45) is 11.7 Å². The Morgan fingerprint density at radius 1 is 1.15 bits per heavy atom. The quantitative estimate of drug-likeness (QED) is 0.331. The fourth-order valence-corrected chi connectivity index (χ4v) is 7.81. The predicted octanol–water partition coefficient (Wildman–Crippen LogP) is 7.02. The second kappa shape index (κ2) is 9.86. The van der Waals surface area contributed by atoms with E-state index in [0.29, 0.717) is 18.8 Å². The molecule has 3 aliphatic carbocycles. The van der Waals surface area contributed by atoms with Gasteiger partial charge in [-0.2, -0.15) is 18.3 Å². The molecule has 1 amide bonds. The summed E-state index contributed by atoms with van der Waals surface area (Å²) in [5, 5.41) is 5.69. The molecular weight excluding hydrogens is 522 g/mol. The van der Waals surface area contributed by atoms with Crippen molar-refractivity contribution in [3.8, 4) is 5.69 Å². The Balaban J connectivity index is 1.51. The first-order valence-corrected chi connectivity index (χ1v) is 14.4. The number of nitrogens with zero attached hydrogens (tertiary/aromatic N) is 2. The van der Waals surface area contributed by atoms with E-state index in [1.54, 1.807) is 12.1 Å². The van der Waals surface area contributed by atoms with Crippen molar-refractivity contribution in [1.29, 1.82) is 0 Å². The van der Waals surface area contributed by atoms with Gasteiger partial charge in [-0.1, -0.05) is 13.3 Å². The number of carbonyl (C=O) groups is 1. The molecule has 1 heterocycles. The Hall–Kier alpha value is -2.94. The molecule has 2 N–H and O–H groups in total. The van der Waals surface area contributed by atoms with E-state index < -0.39 is 29.7 Å². The molecule has 3 aliphatic rings. The molecule has 1 aromatic heterocycles. The van der Waals surface area contributed by atoms with Crippen LogP contribution in [0.15, 0.2) is 36.5 Å². The van der Waals surface area contributed by atoms with Crippen LogP contribution in [-0.4, -0.2) is 34.1 Å². The minimum atomic E-state index is -4.60. The minimum Gasteiger partial charge on any atom is -0.368 e. The zero-order chi connectivity index (χ0) is 28.3. The second-order valence-electron chi connectivity index (χ2n) is 12.0. The molecule has 3 atom stereocenters. The van der Waals surface area contributed by atoms with Gasteiger partial charge >= 0.3 is 6.18 Å². The summed E-state index contributed by atoms with van der Waals surface area (Å²) in [5.41, 5.74) is 7.91. The van der Waals surface area contributed by atoms with E-state index >= 15 is 0 Å². The van der Waals surface area contributed by atoms with Crippen LogP contribution in [0.3, 0.4) is 0 Å². The number of benzene rings is 2. The third-order valence-electron chi connectivity index (χ3n) is 10.1. The van der Waals surface area contributed by atoms with Gasteiger partial charge in [0.2, 0.25) is 5.91 Å². The first kappa shape index (κ1) is 27.2. The van der Waals surface area contributed by atoms with Crippen LogP contribution in [0.5, 0.6) is 0 Å². The summed E-state index contributed by atoms with van der Waals surface area (Å²) in [4.78, 5) is 11.4. The largest absolute Gasteiger partial charge is 0.417 e. The molecule has 5 nitrogen and oxygen atoms in total. The van der Waals surface area contributed by atoms with Gasteiger partial charge < -0.3 is 10.5 Å². The van der Waals surface area contributed by atoms with Crippen molar-refractivity contribution >= 4 is 16.8 Å². The van der Waals surface area contributed by atoms with Crippen molar-refractivity contribution < 1.29 is 27.1 Å². The van der Waals surface area contributed by atoms with Crippen LogP contribution >= 0.6 is 0 Å². The summed E-state index contributed by atoms with van der Waals surface area (Å²) < 4.78 is 64.6. The smallest absolute Gasteiger partial charge is 0.368 e. The number of halogens is 4. The number of amides is 1. The van der Waals surface area contributed by atoms with E-state index in [1.807, 2.05) is 10.9 Å². The lowest BCUT2D eigenvalue weighted by atomic mass is 9.56. The topological polar surface area (TPSA) is 70.1 Å². The maximum absolute atomic E-state index is 14.5. The van der Waals surface area contributed by atoms with Crippen molar-refractivity contribution in [2.75, 3.05) is 6.61 Å². The Morgan fingerprint density at radius 3 is 2.52 bits per heavy atom. The molecule has 9 heteroatoms. The van der Waals surface area contributed by atoms with Crippen LogP contribution in [0, 0.1) is 11.7 Å². The maximum Gasteiger partial charge on any atom is 0.417 e. The van der Waals surface area contributed by atoms with Crippen molar-refractivity contribution in [3.05, 3.63) is 59.0 Å². The third-order valence-corrected chi connectivity index (χ3v) is 10.1. The van der Waals surface area contributed by atoms with E-state index in [2.05, 4.69) is 13.0 Å². The van der Waals surface area contributed by atoms with Gasteiger partial charge in [0.05, 0.1) is 17.4 Å². The number of fused-ring (bicyclic) bond motifs is 4. The van der Waals surface area contributed by atoms with Gasteiger partial charge in [0.15, 0.2) is 5.60 Å². The second-order valence-corrected chi connectivity index (χ2v) is 12.0. The first-order chi connectivity index (χ1) is 19.1. The summed E-state index contributed by atoms with van der Waals surface area (Å²) in [6.07, 6.45) is 3.40. The Morgan fingerprint density at radius 2 is 1.90 bits per heavy atom. The van der Waals surface area contributed by atoms with Gasteiger partial charge in [0.25, 0.3) is 0 Å². The minimum absolute atomic E-state index is 0.178. The van der Waals surface area contributed by atoms with Crippen LogP contribution in [0.2, 0.25) is 0 Å². The molecule has 40 heavy (non-hydrogen) atoms. The Kier molecular flexibility index (Phi) is 6.71. The lowest BCUT2D eigenvalue weighted by Crippen LogP contribution is -2.57. The fraction of sp³-hybridized carbons (Fsp3) is 0.548. The molecule has 6 rings (SSSR count). The monoisotopic (exact) mass is 557 g/mol. The number of aromatic nitrogens is 2. The molecule has 0 radical (unpaired) electrons. The summed E-state index contributed by atoms with van der Waals surface area (Å²) >= 11 is 0. The Labute approximate surface area is 231 Å². The average Bonchev–Trinajstić information content (AvgIpc) is 3.23. The first-order valence-electron chi connectivity index (χ1n) is 14.4. The van der Waals surface area contributed by atoms with Crippen molar-refractivity contribution in [3.63, 3.8) is 0 Å². The average molecular weight is 558 g/mol. The SMILES string of the molecule is CCC12CCC(OCC(N)=O)(C(F)(F)F)CC1CCCc1c2cc2cnn(-c3ccc(F)cc3)c2c1C1CCC1. The van der Waals surface area contributed by atoms with E-state index in [9.17, 15) is 22.4 Å². The summed E-state index contributed by atoms with van der Waals surface area (Å²) in [5.74, 6) is -1.08. The zero-order valence-electron chi connectivity index (χ0n) is 22.7. The lowest BCUT2D eigenvalue weighted by Gasteiger charge is -2.52. The molecule has 3 aromatic rings. The highest BCUT2D eigenvalue weighted by atomic mass is 19.4. The molecule has 0 aliphatic heterocycles. The van der Waals surface area contributed by atoms with Gasteiger partial charge in [0, 0.05) is 5.39 Å². The predicted molar refractivity (Wildman–Crippen MR) is 144 cm³/mol. The third kappa shape index (κ3) is 4.23. The summed E-state index contributed by atoms with van der Waals surface area (Å²) in [6, 6.07) is 8.49. The number of rotatable bonds is 6. The summed E-state index contributed by atoms with van der Waals surface area (Å²) in [6.45, 7) is 1.35. The van der Waals surface area contributed by atoms with Crippen molar-refractivity contribution in [1.82, 2.24) is 9.78 Å². The van der Waals surface area contributed by atoms with E-state index in [0.717, 1.165) is 60.7 Å². The maximum atomic E-state index is 14.5. The lowest BCUT2D eigenvalue weighted by molar-refractivity contribution is -0.294. The van der Waals surface area contributed by atoms with Gasteiger partial charge in [-0.15, -0.1) is 0 Å². The molecular formula is C31H35F4N3O2. The molecule has 3 unspecified atom stereocenters. The molecule has 214 valence electrons. The van der Waals surface area contributed by atoms with Gasteiger partial charge in [-0.05, 0) is 122 Å².